The van der Waals surface area contributed by atoms with E-state index in [2.05, 4.69) is 10.6 Å². The van der Waals surface area contributed by atoms with E-state index in [1.807, 2.05) is 0 Å². The minimum absolute atomic E-state index is 0.0663. The Labute approximate surface area is 127 Å². The van der Waals surface area contributed by atoms with Crippen LogP contribution in [0.3, 0.4) is 0 Å². The summed E-state index contributed by atoms with van der Waals surface area (Å²) in [4.78, 5) is 23.3. The van der Waals surface area contributed by atoms with E-state index in [0.29, 0.717) is 23.5 Å². The van der Waals surface area contributed by atoms with Gasteiger partial charge in [0.15, 0.2) is 0 Å². The molecule has 6 nitrogen and oxygen atoms in total. The molecule has 6 heteroatoms. The summed E-state index contributed by atoms with van der Waals surface area (Å²) in [7, 11) is 0. The van der Waals surface area contributed by atoms with Crippen molar-refractivity contribution in [2.24, 2.45) is 0 Å². The number of carbonyl (C=O) groups excluding carboxylic acids is 2. The summed E-state index contributed by atoms with van der Waals surface area (Å²) < 4.78 is 4.88. The maximum absolute atomic E-state index is 11.8. The molecule has 2 rings (SSSR count). The molecule has 22 heavy (non-hydrogen) atoms. The molecule has 0 aliphatic heterocycles. The predicted molar refractivity (Wildman–Crippen MR) is 83.1 cm³/mol. The van der Waals surface area contributed by atoms with Crippen molar-refractivity contribution < 1.29 is 19.4 Å². The average molecular weight is 300 g/mol. The summed E-state index contributed by atoms with van der Waals surface area (Å²) in [5.74, 6) is -0.338. The van der Waals surface area contributed by atoms with Crippen molar-refractivity contribution in [2.75, 3.05) is 17.2 Å². The molecule has 0 atom stereocenters. The topological polar surface area (TPSA) is 87.7 Å². The van der Waals surface area contributed by atoms with Crippen LogP contribution in [-0.2, 0) is 4.74 Å². The Morgan fingerprint density at radius 1 is 1.05 bits per heavy atom. The average Bonchev–Trinajstić information content (AvgIpc) is 2.48. The first kappa shape index (κ1) is 15.4. The Kier molecular flexibility index (Phi) is 4.98. The van der Waals surface area contributed by atoms with Gasteiger partial charge in [0.2, 0.25) is 0 Å². The summed E-state index contributed by atoms with van der Waals surface area (Å²) in [6.45, 7) is 2.05. The van der Waals surface area contributed by atoms with Gasteiger partial charge >= 0.3 is 12.0 Å². The smallest absolute Gasteiger partial charge is 0.338 e. The highest BCUT2D eigenvalue weighted by Gasteiger charge is 2.07. The van der Waals surface area contributed by atoms with Crippen LogP contribution in [0.2, 0.25) is 0 Å². The van der Waals surface area contributed by atoms with Crippen molar-refractivity contribution in [1.29, 1.82) is 0 Å². The zero-order valence-corrected chi connectivity index (χ0v) is 12.0. The van der Waals surface area contributed by atoms with E-state index in [-0.39, 0.29) is 5.75 Å². The number of urea groups is 1. The number of phenolic OH excluding ortho intramolecular Hbond substituents is 1. The Morgan fingerprint density at radius 3 is 2.36 bits per heavy atom. The van der Waals surface area contributed by atoms with E-state index < -0.39 is 12.0 Å². The number of amides is 2. The van der Waals surface area contributed by atoms with Gasteiger partial charge in [0.05, 0.1) is 12.2 Å². The number of benzene rings is 2. The van der Waals surface area contributed by atoms with Gasteiger partial charge in [-0.1, -0.05) is 6.07 Å². The number of esters is 1. The molecule has 2 amide bonds. The van der Waals surface area contributed by atoms with Crippen LogP contribution in [0, 0.1) is 0 Å². The number of nitrogens with one attached hydrogen (secondary N) is 2. The number of aromatic hydroxyl groups is 1. The lowest BCUT2D eigenvalue weighted by molar-refractivity contribution is 0.0526. The molecule has 0 bridgehead atoms. The summed E-state index contributed by atoms with van der Waals surface area (Å²) in [5, 5.41) is 14.5. The second kappa shape index (κ2) is 7.12. The fourth-order valence-corrected chi connectivity index (χ4v) is 1.78. The molecular formula is C16H16N2O4. The number of hydrogen-bond donors (Lipinski definition) is 3. The van der Waals surface area contributed by atoms with Gasteiger partial charge in [-0.15, -0.1) is 0 Å². The molecule has 3 N–H and O–H groups in total. The highest BCUT2D eigenvalue weighted by molar-refractivity contribution is 6.00. The summed E-state index contributed by atoms with van der Waals surface area (Å²) in [5.41, 5.74) is 1.42. The van der Waals surface area contributed by atoms with Gasteiger partial charge in [0.25, 0.3) is 0 Å². The molecule has 114 valence electrons. The molecular weight excluding hydrogens is 284 g/mol. The first-order valence-corrected chi connectivity index (χ1v) is 6.72. The molecule has 0 radical (unpaired) electrons. The summed E-state index contributed by atoms with van der Waals surface area (Å²) in [6, 6.07) is 12.1. The van der Waals surface area contributed by atoms with E-state index in [9.17, 15) is 14.7 Å². The Balaban J connectivity index is 1.95. The van der Waals surface area contributed by atoms with Crippen LogP contribution in [0.1, 0.15) is 17.3 Å². The minimum atomic E-state index is -0.450. The largest absolute Gasteiger partial charge is 0.508 e. The molecule has 0 unspecified atom stereocenters. The second-order valence-corrected chi connectivity index (χ2v) is 4.43. The number of anilines is 2. The molecule has 2 aromatic carbocycles. The molecule has 0 saturated heterocycles. The summed E-state index contributed by atoms with van der Waals surface area (Å²) in [6.07, 6.45) is 0. The standard InChI is InChI=1S/C16H16N2O4/c1-2-22-15(20)11-6-8-12(9-7-11)17-16(21)18-13-4-3-5-14(19)10-13/h3-10,19H,2H2,1H3,(H2,17,18,21). The first-order chi connectivity index (χ1) is 10.6. The minimum Gasteiger partial charge on any atom is -0.508 e. The molecule has 0 aliphatic carbocycles. The van der Waals surface area contributed by atoms with Crippen LogP contribution in [-0.4, -0.2) is 23.7 Å². The molecule has 0 heterocycles. The molecule has 0 aromatic heterocycles. The SMILES string of the molecule is CCOC(=O)c1ccc(NC(=O)Nc2cccc(O)c2)cc1. The summed E-state index contributed by atoms with van der Waals surface area (Å²) >= 11 is 0. The number of carbonyl (C=O) groups is 2. The highest BCUT2D eigenvalue weighted by Crippen LogP contribution is 2.16. The van der Waals surface area contributed by atoms with Crippen molar-refractivity contribution in [3.05, 3.63) is 54.1 Å². The number of ether oxygens (including phenoxy) is 1. The fraction of sp³-hybridized carbons (Fsp3) is 0.125. The van der Waals surface area contributed by atoms with Crippen LogP contribution in [0.15, 0.2) is 48.5 Å². The quantitative estimate of drug-likeness (QED) is 0.757. The Morgan fingerprint density at radius 2 is 1.73 bits per heavy atom. The Hall–Kier alpha value is -3.02. The third kappa shape index (κ3) is 4.24. The lowest BCUT2D eigenvalue weighted by Crippen LogP contribution is -2.19. The van der Waals surface area contributed by atoms with E-state index >= 15 is 0 Å². The van der Waals surface area contributed by atoms with Crippen LogP contribution in [0.25, 0.3) is 0 Å². The molecule has 2 aromatic rings. The van der Waals surface area contributed by atoms with Crippen molar-refractivity contribution in [1.82, 2.24) is 0 Å². The van der Waals surface area contributed by atoms with Gasteiger partial charge in [-0.05, 0) is 43.3 Å². The first-order valence-electron chi connectivity index (χ1n) is 6.72. The third-order valence-electron chi connectivity index (χ3n) is 2.76. The monoisotopic (exact) mass is 300 g/mol. The van der Waals surface area contributed by atoms with Crippen LogP contribution >= 0.6 is 0 Å². The lowest BCUT2D eigenvalue weighted by atomic mass is 10.2. The maximum atomic E-state index is 11.8. The zero-order valence-electron chi connectivity index (χ0n) is 12.0. The zero-order chi connectivity index (χ0) is 15.9. The Bertz CT molecular complexity index is 668. The second-order valence-electron chi connectivity index (χ2n) is 4.43. The lowest BCUT2D eigenvalue weighted by Gasteiger charge is -2.08. The predicted octanol–water partition coefficient (Wildman–Crippen LogP) is 3.21. The van der Waals surface area contributed by atoms with E-state index in [4.69, 9.17) is 4.74 Å². The van der Waals surface area contributed by atoms with Crippen molar-refractivity contribution in [2.45, 2.75) is 6.92 Å². The van der Waals surface area contributed by atoms with Crippen LogP contribution < -0.4 is 10.6 Å². The van der Waals surface area contributed by atoms with Gasteiger partial charge in [-0.25, -0.2) is 9.59 Å². The van der Waals surface area contributed by atoms with Crippen molar-refractivity contribution in [3.8, 4) is 5.75 Å². The van der Waals surface area contributed by atoms with Gasteiger partial charge in [0, 0.05) is 17.4 Å². The van der Waals surface area contributed by atoms with Crippen LogP contribution in [0.5, 0.6) is 5.75 Å². The highest BCUT2D eigenvalue weighted by atomic mass is 16.5. The number of hydrogen-bond acceptors (Lipinski definition) is 4. The molecule has 0 aliphatic rings. The molecule has 0 saturated carbocycles. The molecule has 0 spiro atoms. The van der Waals surface area contributed by atoms with Gasteiger partial charge in [-0.2, -0.15) is 0 Å². The van der Waals surface area contributed by atoms with Crippen LogP contribution in [0.4, 0.5) is 16.2 Å². The fourth-order valence-electron chi connectivity index (χ4n) is 1.78. The number of rotatable bonds is 4. The van der Waals surface area contributed by atoms with Gasteiger partial charge in [-0.3, -0.25) is 0 Å². The van der Waals surface area contributed by atoms with E-state index in [0.717, 1.165) is 0 Å². The molecule has 0 fully saturated rings. The number of phenols is 1. The third-order valence-corrected chi connectivity index (χ3v) is 2.76. The van der Waals surface area contributed by atoms with Gasteiger partial charge < -0.3 is 20.5 Å². The van der Waals surface area contributed by atoms with Crippen molar-refractivity contribution >= 4 is 23.4 Å². The van der Waals surface area contributed by atoms with Gasteiger partial charge in [0.1, 0.15) is 5.75 Å². The van der Waals surface area contributed by atoms with Crippen molar-refractivity contribution in [3.63, 3.8) is 0 Å². The van der Waals surface area contributed by atoms with E-state index in [1.54, 1.807) is 43.3 Å². The normalized spacial score (nSPS) is 9.86. The maximum Gasteiger partial charge on any atom is 0.338 e. The van der Waals surface area contributed by atoms with E-state index in [1.165, 1.54) is 12.1 Å².